The Hall–Kier alpha value is -2.17. The summed E-state index contributed by atoms with van der Waals surface area (Å²) in [5, 5.41) is 10.7. The Morgan fingerprint density at radius 1 is 1.33 bits per heavy atom. The minimum atomic E-state index is -0.437. The molecule has 1 amide bonds. The first-order valence-electron chi connectivity index (χ1n) is 7.17. The van der Waals surface area contributed by atoms with Crippen LogP contribution in [0.2, 0.25) is 0 Å². The molecule has 1 aliphatic rings. The number of hydrogen-bond donors (Lipinski definition) is 0. The number of benzene rings is 1. The topological polar surface area (TPSA) is 63.5 Å². The summed E-state index contributed by atoms with van der Waals surface area (Å²) in [4.78, 5) is 24.3. The summed E-state index contributed by atoms with van der Waals surface area (Å²) in [6.07, 6.45) is 4.29. The molecule has 0 radical (unpaired) electrons. The summed E-state index contributed by atoms with van der Waals surface area (Å²) >= 11 is 0. The summed E-state index contributed by atoms with van der Waals surface area (Å²) in [6, 6.07) is 6.27. The Bertz CT molecular complexity index is 558. The molecule has 1 aromatic carbocycles. The molecule has 1 saturated heterocycles. The van der Waals surface area contributed by atoms with E-state index >= 15 is 0 Å². The number of nitrogens with zero attached hydrogens (tertiary/aromatic N) is 2. The van der Waals surface area contributed by atoms with Crippen LogP contribution in [0.1, 0.15) is 25.8 Å². The van der Waals surface area contributed by atoms with Gasteiger partial charge in [0.15, 0.2) is 0 Å². The lowest BCUT2D eigenvalue weighted by molar-refractivity contribution is -0.384. The summed E-state index contributed by atoms with van der Waals surface area (Å²) in [7, 11) is 0. The summed E-state index contributed by atoms with van der Waals surface area (Å²) < 4.78 is 0. The normalized spacial score (nSPS) is 22.5. The van der Waals surface area contributed by atoms with E-state index in [1.54, 1.807) is 18.2 Å². The minimum Gasteiger partial charge on any atom is -0.339 e. The fourth-order valence-corrected chi connectivity index (χ4v) is 2.86. The van der Waals surface area contributed by atoms with Crippen LogP contribution >= 0.6 is 0 Å². The Morgan fingerprint density at radius 3 is 2.62 bits per heavy atom. The van der Waals surface area contributed by atoms with Gasteiger partial charge in [-0.15, -0.1) is 0 Å². The number of piperidine rings is 1. The lowest BCUT2D eigenvalue weighted by Gasteiger charge is -2.34. The summed E-state index contributed by atoms with van der Waals surface area (Å²) in [5.41, 5.74) is 0.695. The molecule has 0 aliphatic carbocycles. The lowest BCUT2D eigenvalue weighted by Crippen LogP contribution is -2.41. The highest BCUT2D eigenvalue weighted by atomic mass is 16.6. The number of amides is 1. The van der Waals surface area contributed by atoms with Gasteiger partial charge in [0.25, 0.3) is 5.69 Å². The zero-order valence-corrected chi connectivity index (χ0v) is 12.4. The van der Waals surface area contributed by atoms with E-state index < -0.39 is 4.92 Å². The van der Waals surface area contributed by atoms with Crippen molar-refractivity contribution in [2.24, 2.45) is 11.8 Å². The third-order valence-electron chi connectivity index (χ3n) is 3.68. The van der Waals surface area contributed by atoms with Crippen molar-refractivity contribution in [3.05, 3.63) is 46.0 Å². The number of hydrogen-bond acceptors (Lipinski definition) is 3. The number of nitro groups is 1. The van der Waals surface area contributed by atoms with Crippen molar-refractivity contribution in [3.63, 3.8) is 0 Å². The maximum Gasteiger partial charge on any atom is 0.270 e. The first kappa shape index (κ1) is 15.2. The highest BCUT2D eigenvalue weighted by molar-refractivity contribution is 5.91. The van der Waals surface area contributed by atoms with Crippen LogP contribution in [0.25, 0.3) is 6.08 Å². The predicted octanol–water partition coefficient (Wildman–Crippen LogP) is 3.11. The molecule has 0 spiro atoms. The standard InChI is InChI=1S/C16H20N2O3/c1-12-8-13(2)11-17(10-12)16(19)7-6-14-4-3-5-15(9-14)18(20)21/h3-7,9,12-13H,8,10-11H2,1-2H3/b7-6+/t12-,13+. The van der Waals surface area contributed by atoms with Crippen molar-refractivity contribution in [1.82, 2.24) is 4.90 Å². The smallest absolute Gasteiger partial charge is 0.270 e. The van der Waals surface area contributed by atoms with Crippen molar-refractivity contribution >= 4 is 17.7 Å². The van der Waals surface area contributed by atoms with Crippen LogP contribution < -0.4 is 0 Å². The Labute approximate surface area is 124 Å². The van der Waals surface area contributed by atoms with Gasteiger partial charge in [0.1, 0.15) is 0 Å². The number of likely N-dealkylation sites (tertiary alicyclic amines) is 1. The maximum atomic E-state index is 12.2. The lowest BCUT2D eigenvalue weighted by atomic mass is 9.92. The van der Waals surface area contributed by atoms with Crippen molar-refractivity contribution in [2.45, 2.75) is 20.3 Å². The van der Waals surface area contributed by atoms with E-state index in [1.165, 1.54) is 18.2 Å². The fourth-order valence-electron chi connectivity index (χ4n) is 2.86. The molecule has 5 heteroatoms. The van der Waals surface area contributed by atoms with E-state index in [1.807, 2.05) is 4.90 Å². The predicted molar refractivity (Wildman–Crippen MR) is 81.7 cm³/mol. The van der Waals surface area contributed by atoms with Crippen molar-refractivity contribution < 1.29 is 9.72 Å². The number of non-ortho nitro benzene ring substituents is 1. The van der Waals surface area contributed by atoms with Crippen LogP contribution in [0.15, 0.2) is 30.3 Å². The first-order valence-corrected chi connectivity index (χ1v) is 7.17. The maximum absolute atomic E-state index is 12.2. The second-order valence-corrected chi connectivity index (χ2v) is 5.87. The third-order valence-corrected chi connectivity index (χ3v) is 3.68. The van der Waals surface area contributed by atoms with Crippen LogP contribution in [-0.4, -0.2) is 28.8 Å². The second kappa shape index (κ2) is 6.52. The third kappa shape index (κ3) is 4.15. The average molecular weight is 288 g/mol. The largest absolute Gasteiger partial charge is 0.339 e. The van der Waals surface area contributed by atoms with E-state index in [4.69, 9.17) is 0 Å². The molecule has 1 heterocycles. The summed E-state index contributed by atoms with van der Waals surface area (Å²) in [6.45, 7) is 5.87. The average Bonchev–Trinajstić information content (AvgIpc) is 2.44. The van der Waals surface area contributed by atoms with Crippen LogP contribution in [-0.2, 0) is 4.79 Å². The molecule has 21 heavy (non-hydrogen) atoms. The van der Waals surface area contributed by atoms with Crippen LogP contribution in [0.5, 0.6) is 0 Å². The second-order valence-electron chi connectivity index (χ2n) is 5.87. The molecule has 1 fully saturated rings. The Morgan fingerprint density at radius 2 is 2.00 bits per heavy atom. The minimum absolute atomic E-state index is 0.0279. The van der Waals surface area contributed by atoms with Gasteiger partial charge in [-0.2, -0.15) is 0 Å². The zero-order valence-electron chi connectivity index (χ0n) is 12.4. The molecular weight excluding hydrogens is 268 g/mol. The first-order chi connectivity index (χ1) is 9.95. The summed E-state index contributed by atoms with van der Waals surface area (Å²) in [5.74, 6) is 1.01. The number of carbonyl (C=O) groups is 1. The number of rotatable bonds is 3. The number of carbonyl (C=O) groups excluding carboxylic acids is 1. The molecule has 1 aliphatic heterocycles. The van der Waals surface area contributed by atoms with Gasteiger partial charge >= 0.3 is 0 Å². The van der Waals surface area contributed by atoms with Gasteiger partial charge in [0.05, 0.1) is 4.92 Å². The van der Waals surface area contributed by atoms with Gasteiger partial charge < -0.3 is 4.90 Å². The monoisotopic (exact) mass is 288 g/mol. The molecule has 0 aromatic heterocycles. The van der Waals surface area contributed by atoms with Gasteiger partial charge in [-0.3, -0.25) is 14.9 Å². The van der Waals surface area contributed by atoms with Crippen molar-refractivity contribution in [2.75, 3.05) is 13.1 Å². The quantitative estimate of drug-likeness (QED) is 0.487. The zero-order chi connectivity index (χ0) is 15.4. The van der Waals surface area contributed by atoms with Gasteiger partial charge in [-0.25, -0.2) is 0 Å². The van der Waals surface area contributed by atoms with Crippen molar-refractivity contribution in [3.8, 4) is 0 Å². The van der Waals surface area contributed by atoms with E-state index in [9.17, 15) is 14.9 Å². The Balaban J connectivity index is 2.05. The molecule has 0 bridgehead atoms. The van der Waals surface area contributed by atoms with Crippen LogP contribution in [0, 0.1) is 22.0 Å². The molecule has 1 aromatic rings. The van der Waals surface area contributed by atoms with Gasteiger partial charge in [0.2, 0.25) is 5.91 Å². The van der Waals surface area contributed by atoms with Gasteiger partial charge in [-0.1, -0.05) is 26.0 Å². The molecular formula is C16H20N2O3. The molecule has 0 saturated carbocycles. The molecule has 5 nitrogen and oxygen atoms in total. The molecule has 2 rings (SSSR count). The fraction of sp³-hybridized carbons (Fsp3) is 0.438. The molecule has 0 N–H and O–H groups in total. The highest BCUT2D eigenvalue weighted by Crippen LogP contribution is 2.21. The molecule has 0 unspecified atom stereocenters. The van der Waals surface area contributed by atoms with Crippen molar-refractivity contribution in [1.29, 1.82) is 0 Å². The van der Waals surface area contributed by atoms with Gasteiger partial charge in [-0.05, 0) is 29.9 Å². The molecule has 112 valence electrons. The molecule has 2 atom stereocenters. The van der Waals surface area contributed by atoms with E-state index in [-0.39, 0.29) is 11.6 Å². The van der Waals surface area contributed by atoms with E-state index in [0.29, 0.717) is 17.4 Å². The Kier molecular flexibility index (Phi) is 4.73. The van der Waals surface area contributed by atoms with Gasteiger partial charge in [0, 0.05) is 31.3 Å². The van der Waals surface area contributed by atoms with E-state index in [2.05, 4.69) is 13.8 Å². The van der Waals surface area contributed by atoms with E-state index in [0.717, 1.165) is 19.5 Å². The number of nitro benzene ring substituents is 1. The van der Waals surface area contributed by atoms with Crippen LogP contribution in [0.4, 0.5) is 5.69 Å². The highest BCUT2D eigenvalue weighted by Gasteiger charge is 2.23. The van der Waals surface area contributed by atoms with Crippen LogP contribution in [0.3, 0.4) is 0 Å². The SMILES string of the molecule is C[C@@H]1C[C@H](C)CN(C(=O)/C=C/c2cccc([N+](=O)[O-])c2)C1.